The maximum Gasteiger partial charge on any atom is 0.143 e. The van der Waals surface area contributed by atoms with Crippen molar-refractivity contribution in [1.29, 1.82) is 0 Å². The van der Waals surface area contributed by atoms with Gasteiger partial charge in [0.25, 0.3) is 0 Å². The molecule has 0 aliphatic heterocycles. The molecule has 0 N–H and O–H groups in total. The van der Waals surface area contributed by atoms with Gasteiger partial charge in [-0.05, 0) is 97.7 Å². The van der Waals surface area contributed by atoms with Crippen LogP contribution in [0.2, 0.25) is 0 Å². The summed E-state index contributed by atoms with van der Waals surface area (Å²) in [6.45, 7) is 4.71. The first-order valence-electron chi connectivity index (χ1n) is 19.1. The van der Waals surface area contributed by atoms with Gasteiger partial charge in [0.2, 0.25) is 0 Å². The van der Waals surface area contributed by atoms with Gasteiger partial charge in [-0.1, -0.05) is 159 Å². The lowest BCUT2D eigenvalue weighted by Gasteiger charge is -2.29. The summed E-state index contributed by atoms with van der Waals surface area (Å²) in [5, 5.41) is 6.86. The molecule has 2 heteroatoms. The molecule has 0 amide bonds. The highest BCUT2D eigenvalue weighted by atomic mass is 16.3. The molecule has 0 unspecified atom stereocenters. The first kappa shape index (κ1) is 31.6. The van der Waals surface area contributed by atoms with E-state index in [1.807, 2.05) is 0 Å². The summed E-state index contributed by atoms with van der Waals surface area (Å²) < 4.78 is 6.93. The van der Waals surface area contributed by atoms with Gasteiger partial charge >= 0.3 is 0 Å². The van der Waals surface area contributed by atoms with Crippen LogP contribution in [0.3, 0.4) is 0 Å². The smallest absolute Gasteiger partial charge is 0.143 e. The Labute approximate surface area is 320 Å². The van der Waals surface area contributed by atoms with E-state index in [9.17, 15) is 0 Å². The Bertz CT molecular complexity index is 3120. The molecular weight excluding hydrogens is 667 g/mol. The van der Waals surface area contributed by atoms with Crippen LogP contribution in [0.1, 0.15) is 25.0 Å². The van der Waals surface area contributed by atoms with Gasteiger partial charge in [0.15, 0.2) is 0 Å². The van der Waals surface area contributed by atoms with Gasteiger partial charge in [-0.15, -0.1) is 0 Å². The average Bonchev–Trinajstić information content (AvgIpc) is 3.72. The summed E-state index contributed by atoms with van der Waals surface area (Å²) >= 11 is 0. The van der Waals surface area contributed by atoms with E-state index in [-0.39, 0.29) is 5.41 Å². The highest BCUT2D eigenvalue weighted by molar-refractivity contribution is 6.21. The van der Waals surface area contributed by atoms with Crippen LogP contribution in [0.4, 0.5) is 17.1 Å². The summed E-state index contributed by atoms with van der Waals surface area (Å²) in [4.78, 5) is 2.46. The molecule has 9 aromatic carbocycles. The molecule has 0 radical (unpaired) electrons. The minimum atomic E-state index is -0.131. The van der Waals surface area contributed by atoms with Crippen LogP contribution in [-0.4, -0.2) is 0 Å². The van der Waals surface area contributed by atoms with E-state index >= 15 is 0 Å². The van der Waals surface area contributed by atoms with Crippen molar-refractivity contribution >= 4 is 60.5 Å². The molecule has 0 saturated heterocycles. The first-order valence-corrected chi connectivity index (χ1v) is 19.1. The fourth-order valence-corrected chi connectivity index (χ4v) is 9.10. The SMILES string of the molecule is CC1(C)c2ccccc2-c2ccc(N(c3ccc4ccccc4c3)c3cc4c5cc(-c6ccccc6)c(-c6ccccc6)cc5oc4c4ccccc34)cc21. The van der Waals surface area contributed by atoms with E-state index in [0.717, 1.165) is 55.3 Å². The van der Waals surface area contributed by atoms with Crippen molar-refractivity contribution < 1.29 is 4.42 Å². The van der Waals surface area contributed by atoms with Crippen molar-refractivity contribution in [2.24, 2.45) is 0 Å². The zero-order chi connectivity index (χ0) is 36.7. The third-order valence-electron chi connectivity index (χ3n) is 11.8. The highest BCUT2D eigenvalue weighted by Crippen LogP contribution is 2.52. The quantitative estimate of drug-likeness (QED) is 0.177. The Hall–Kier alpha value is -6.90. The topological polar surface area (TPSA) is 16.4 Å². The molecule has 1 aliphatic rings. The lowest BCUT2D eigenvalue weighted by molar-refractivity contribution is 0.660. The van der Waals surface area contributed by atoms with E-state index in [1.165, 1.54) is 49.7 Å². The molecular formula is C53H37NO. The standard InChI is InChI=1S/C53H37NO/c1-53(2)48-24-14-13-21-40(48)41-28-27-39(30-49(41)53)54(38-26-25-34-15-9-10-20-37(34)29-38)50-32-47-46-31-44(35-16-5-3-6-17-35)45(36-18-7-4-8-19-36)33-51(46)55-52(47)43-23-12-11-22-42(43)50/h3-33H,1-2H3. The molecule has 0 spiro atoms. The van der Waals surface area contributed by atoms with E-state index in [2.05, 4.69) is 207 Å². The fourth-order valence-electron chi connectivity index (χ4n) is 9.10. The van der Waals surface area contributed by atoms with Gasteiger partial charge in [-0.2, -0.15) is 0 Å². The van der Waals surface area contributed by atoms with E-state index in [1.54, 1.807) is 0 Å². The number of anilines is 3. The third-order valence-corrected chi connectivity index (χ3v) is 11.8. The van der Waals surface area contributed by atoms with Crippen molar-refractivity contribution in [2.45, 2.75) is 19.3 Å². The zero-order valence-corrected chi connectivity index (χ0v) is 30.8. The van der Waals surface area contributed by atoms with Crippen molar-refractivity contribution in [2.75, 3.05) is 4.90 Å². The van der Waals surface area contributed by atoms with Gasteiger partial charge in [0.1, 0.15) is 11.2 Å². The normalized spacial score (nSPS) is 13.1. The van der Waals surface area contributed by atoms with Crippen molar-refractivity contribution in [3.8, 4) is 33.4 Å². The van der Waals surface area contributed by atoms with Gasteiger partial charge in [-0.3, -0.25) is 0 Å². The average molecular weight is 704 g/mol. The zero-order valence-electron chi connectivity index (χ0n) is 30.8. The maximum atomic E-state index is 6.93. The minimum absolute atomic E-state index is 0.131. The molecule has 260 valence electrons. The fraction of sp³-hybridized carbons (Fsp3) is 0.0566. The summed E-state index contributed by atoms with van der Waals surface area (Å²) in [7, 11) is 0. The molecule has 55 heavy (non-hydrogen) atoms. The molecule has 10 aromatic rings. The summed E-state index contributed by atoms with van der Waals surface area (Å²) in [5.41, 5.74) is 15.0. The van der Waals surface area contributed by atoms with E-state index in [0.29, 0.717) is 0 Å². The number of furan rings is 1. The Morgan fingerprint density at radius 3 is 1.78 bits per heavy atom. The van der Waals surface area contributed by atoms with E-state index < -0.39 is 0 Å². The van der Waals surface area contributed by atoms with Crippen LogP contribution in [0, 0.1) is 0 Å². The molecule has 1 aliphatic carbocycles. The molecule has 0 fully saturated rings. The number of benzene rings is 9. The second-order valence-electron chi connectivity index (χ2n) is 15.3. The molecule has 11 rings (SSSR count). The largest absolute Gasteiger partial charge is 0.455 e. The molecule has 0 bridgehead atoms. The minimum Gasteiger partial charge on any atom is -0.455 e. The van der Waals surface area contributed by atoms with E-state index in [4.69, 9.17) is 4.42 Å². The molecule has 0 atom stereocenters. The monoisotopic (exact) mass is 703 g/mol. The van der Waals surface area contributed by atoms with Crippen LogP contribution in [0.5, 0.6) is 0 Å². The van der Waals surface area contributed by atoms with Crippen molar-refractivity contribution in [3.05, 3.63) is 199 Å². The number of fused-ring (bicyclic) bond motifs is 9. The predicted octanol–water partition coefficient (Wildman–Crippen LogP) is 15.0. The molecule has 2 nitrogen and oxygen atoms in total. The van der Waals surface area contributed by atoms with Crippen molar-refractivity contribution in [1.82, 2.24) is 0 Å². The predicted molar refractivity (Wildman–Crippen MR) is 232 cm³/mol. The van der Waals surface area contributed by atoms with Crippen LogP contribution in [0.15, 0.2) is 192 Å². The van der Waals surface area contributed by atoms with Crippen LogP contribution in [-0.2, 0) is 5.41 Å². The summed E-state index contributed by atoms with van der Waals surface area (Å²) in [6, 6.07) is 68.4. The molecule has 1 aromatic heterocycles. The highest BCUT2D eigenvalue weighted by Gasteiger charge is 2.36. The second-order valence-corrected chi connectivity index (χ2v) is 15.3. The van der Waals surface area contributed by atoms with Crippen LogP contribution >= 0.6 is 0 Å². The van der Waals surface area contributed by atoms with Crippen LogP contribution in [0.25, 0.3) is 76.9 Å². The Kier molecular flexibility index (Phi) is 6.93. The Balaban J connectivity index is 1.21. The molecule has 1 heterocycles. The lowest BCUT2D eigenvalue weighted by atomic mass is 9.82. The maximum absolute atomic E-state index is 6.93. The van der Waals surface area contributed by atoms with Gasteiger partial charge < -0.3 is 9.32 Å². The third kappa shape index (κ3) is 4.88. The van der Waals surface area contributed by atoms with Gasteiger partial charge in [0, 0.05) is 38.3 Å². The first-order chi connectivity index (χ1) is 27.0. The Morgan fingerprint density at radius 2 is 1.00 bits per heavy atom. The van der Waals surface area contributed by atoms with Gasteiger partial charge in [0.05, 0.1) is 5.69 Å². The molecule has 0 saturated carbocycles. The van der Waals surface area contributed by atoms with Crippen LogP contribution < -0.4 is 4.90 Å². The summed E-state index contributed by atoms with van der Waals surface area (Å²) in [6.07, 6.45) is 0. The lowest BCUT2D eigenvalue weighted by Crippen LogP contribution is -2.16. The van der Waals surface area contributed by atoms with Gasteiger partial charge in [-0.25, -0.2) is 0 Å². The van der Waals surface area contributed by atoms with Crippen molar-refractivity contribution in [3.63, 3.8) is 0 Å². The number of rotatable bonds is 5. The second kappa shape index (κ2) is 12.1. The number of hydrogen-bond donors (Lipinski definition) is 0. The number of hydrogen-bond acceptors (Lipinski definition) is 2. The number of nitrogens with zero attached hydrogens (tertiary/aromatic N) is 1. The summed E-state index contributed by atoms with van der Waals surface area (Å²) in [5.74, 6) is 0. The Morgan fingerprint density at radius 1 is 0.400 bits per heavy atom.